The first-order valence-electron chi connectivity index (χ1n) is 7.77. The van der Waals surface area contributed by atoms with Gasteiger partial charge < -0.3 is 15.4 Å². The molecule has 0 radical (unpaired) electrons. The lowest BCUT2D eigenvalue weighted by atomic mass is 10.0. The molecular formula is C20H20N2O2. The molecule has 0 aliphatic carbocycles. The molecule has 0 atom stereocenters. The zero-order valence-corrected chi connectivity index (χ0v) is 13.8. The highest BCUT2D eigenvalue weighted by Gasteiger charge is 2.14. The first kappa shape index (κ1) is 16.0. The Hall–Kier alpha value is -2.85. The van der Waals surface area contributed by atoms with Crippen LogP contribution in [0.15, 0.2) is 60.7 Å². The van der Waals surface area contributed by atoms with E-state index in [0.717, 1.165) is 16.3 Å². The number of nitrogens with two attached hydrogens (primary N) is 1. The Bertz CT molecular complexity index is 870. The maximum atomic E-state index is 12.4. The molecule has 0 spiro atoms. The van der Waals surface area contributed by atoms with Gasteiger partial charge in [0.25, 0.3) is 0 Å². The highest BCUT2D eigenvalue weighted by Crippen LogP contribution is 2.29. The van der Waals surface area contributed by atoms with E-state index < -0.39 is 0 Å². The molecule has 3 aromatic rings. The number of carbonyl (C=O) groups excluding carboxylic acids is 1. The minimum Gasteiger partial charge on any atom is -0.423 e. The number of carbonyl (C=O) groups is 1. The molecule has 0 heterocycles. The average molecular weight is 320 g/mol. The topological polar surface area (TPSA) is 55.6 Å². The molecule has 0 saturated carbocycles. The van der Waals surface area contributed by atoms with E-state index in [4.69, 9.17) is 10.5 Å². The molecule has 4 nitrogen and oxygen atoms in total. The molecule has 0 aliphatic rings. The van der Waals surface area contributed by atoms with Crippen molar-refractivity contribution in [1.29, 1.82) is 0 Å². The number of ether oxygens (including phenoxy) is 1. The molecule has 0 saturated heterocycles. The molecule has 0 aromatic heterocycles. The fourth-order valence-corrected chi connectivity index (χ4v) is 2.67. The largest absolute Gasteiger partial charge is 0.423 e. The molecule has 24 heavy (non-hydrogen) atoms. The minimum absolute atomic E-state index is 0.384. The van der Waals surface area contributed by atoms with Crippen molar-refractivity contribution in [3.05, 3.63) is 71.8 Å². The maximum absolute atomic E-state index is 12.4. The van der Waals surface area contributed by atoms with Gasteiger partial charge in [-0.25, -0.2) is 4.79 Å². The number of nitrogens with zero attached hydrogens (tertiary/aromatic N) is 1. The lowest BCUT2D eigenvalue weighted by molar-refractivity contribution is 0.0732. The number of hydrogen-bond donors (Lipinski definition) is 1. The van der Waals surface area contributed by atoms with Crippen LogP contribution in [0.4, 0.5) is 5.69 Å². The first-order valence-corrected chi connectivity index (χ1v) is 7.77. The summed E-state index contributed by atoms with van der Waals surface area (Å²) in [6, 6.07) is 18.7. The van der Waals surface area contributed by atoms with Gasteiger partial charge in [0.1, 0.15) is 5.75 Å². The number of hydrogen-bond acceptors (Lipinski definition) is 4. The molecule has 4 heteroatoms. The van der Waals surface area contributed by atoms with Crippen LogP contribution in [0, 0.1) is 0 Å². The van der Waals surface area contributed by atoms with Gasteiger partial charge in [-0.05, 0) is 55.2 Å². The molecular weight excluding hydrogens is 300 g/mol. The van der Waals surface area contributed by atoms with Crippen LogP contribution in [0.2, 0.25) is 0 Å². The molecule has 0 fully saturated rings. The van der Waals surface area contributed by atoms with Crippen molar-refractivity contribution in [1.82, 2.24) is 4.90 Å². The van der Waals surface area contributed by atoms with E-state index in [2.05, 4.69) is 17.0 Å². The van der Waals surface area contributed by atoms with E-state index in [1.54, 1.807) is 24.3 Å². The van der Waals surface area contributed by atoms with Gasteiger partial charge in [0, 0.05) is 17.8 Å². The van der Waals surface area contributed by atoms with Crippen molar-refractivity contribution in [2.75, 3.05) is 19.8 Å². The molecule has 2 N–H and O–H groups in total. The summed E-state index contributed by atoms with van der Waals surface area (Å²) < 4.78 is 5.67. The van der Waals surface area contributed by atoms with Gasteiger partial charge in [-0.2, -0.15) is 0 Å². The summed E-state index contributed by atoms with van der Waals surface area (Å²) in [6.07, 6.45) is 0. The first-order chi connectivity index (χ1) is 11.5. The summed E-state index contributed by atoms with van der Waals surface area (Å²) in [7, 11) is 3.99. The van der Waals surface area contributed by atoms with Crippen molar-refractivity contribution in [2.24, 2.45) is 0 Å². The second-order valence-electron chi connectivity index (χ2n) is 6.01. The van der Waals surface area contributed by atoms with E-state index in [1.165, 1.54) is 0 Å². The number of nitrogen functional groups attached to an aromatic ring is 1. The summed E-state index contributed by atoms with van der Waals surface area (Å²) in [5.74, 6) is 0.203. The van der Waals surface area contributed by atoms with Crippen LogP contribution in [0.3, 0.4) is 0 Å². The van der Waals surface area contributed by atoms with Crippen molar-refractivity contribution >= 4 is 22.4 Å². The number of rotatable bonds is 4. The monoisotopic (exact) mass is 320 g/mol. The van der Waals surface area contributed by atoms with Gasteiger partial charge in [-0.15, -0.1) is 0 Å². The maximum Gasteiger partial charge on any atom is 0.343 e. The van der Waals surface area contributed by atoms with Crippen molar-refractivity contribution < 1.29 is 9.53 Å². The third-order valence-corrected chi connectivity index (χ3v) is 3.82. The van der Waals surface area contributed by atoms with E-state index in [1.807, 2.05) is 38.4 Å². The van der Waals surface area contributed by atoms with E-state index in [0.29, 0.717) is 23.5 Å². The quantitative estimate of drug-likeness (QED) is 0.452. The Kier molecular flexibility index (Phi) is 4.49. The van der Waals surface area contributed by atoms with E-state index in [9.17, 15) is 4.79 Å². The summed E-state index contributed by atoms with van der Waals surface area (Å²) >= 11 is 0. The third kappa shape index (κ3) is 3.39. The molecule has 3 aromatic carbocycles. The number of anilines is 1. The predicted octanol–water partition coefficient (Wildman–Crippen LogP) is 3.70. The number of fused-ring (bicyclic) bond motifs is 1. The van der Waals surface area contributed by atoms with Gasteiger partial charge in [-0.3, -0.25) is 0 Å². The second-order valence-corrected chi connectivity index (χ2v) is 6.01. The Labute approximate surface area is 141 Å². The molecule has 0 bridgehead atoms. The van der Waals surface area contributed by atoms with Gasteiger partial charge in [0.15, 0.2) is 0 Å². The van der Waals surface area contributed by atoms with Crippen molar-refractivity contribution in [2.45, 2.75) is 6.54 Å². The summed E-state index contributed by atoms with van der Waals surface area (Å²) in [4.78, 5) is 14.5. The van der Waals surface area contributed by atoms with Crippen LogP contribution in [0.5, 0.6) is 5.75 Å². The Morgan fingerprint density at radius 3 is 2.42 bits per heavy atom. The normalized spacial score (nSPS) is 11.0. The fourth-order valence-electron chi connectivity index (χ4n) is 2.67. The van der Waals surface area contributed by atoms with Gasteiger partial charge in [0.05, 0.1) is 5.56 Å². The second kappa shape index (κ2) is 6.72. The lowest BCUT2D eigenvalue weighted by Crippen LogP contribution is -2.15. The Balaban J connectivity index is 1.98. The summed E-state index contributed by atoms with van der Waals surface area (Å²) in [5.41, 5.74) is 7.76. The molecule has 0 unspecified atom stereocenters. The number of benzene rings is 3. The Morgan fingerprint density at radius 1 is 1.00 bits per heavy atom. The van der Waals surface area contributed by atoms with Crippen LogP contribution >= 0.6 is 0 Å². The van der Waals surface area contributed by atoms with Crippen LogP contribution in [0.25, 0.3) is 10.8 Å². The summed E-state index contributed by atoms with van der Waals surface area (Å²) in [6.45, 7) is 0.686. The van der Waals surface area contributed by atoms with Crippen molar-refractivity contribution in [3.63, 3.8) is 0 Å². The van der Waals surface area contributed by atoms with Gasteiger partial charge in [-0.1, -0.05) is 30.3 Å². The third-order valence-electron chi connectivity index (χ3n) is 3.82. The van der Waals surface area contributed by atoms with Crippen molar-refractivity contribution in [3.8, 4) is 5.75 Å². The van der Waals surface area contributed by atoms with Crippen LogP contribution in [0.1, 0.15) is 15.9 Å². The molecule has 0 amide bonds. The Morgan fingerprint density at radius 2 is 1.71 bits per heavy atom. The fraction of sp³-hybridized carbons (Fsp3) is 0.150. The van der Waals surface area contributed by atoms with Crippen LogP contribution in [-0.4, -0.2) is 25.0 Å². The standard InChI is InChI=1S/C20H20N2O2/c1-22(2)13-18-17-6-4-3-5-14(17)9-12-19(18)24-20(23)15-7-10-16(21)11-8-15/h3-12H,13,21H2,1-2H3. The number of esters is 1. The van der Waals surface area contributed by atoms with Crippen LogP contribution in [-0.2, 0) is 6.54 Å². The van der Waals surface area contributed by atoms with Gasteiger partial charge in [0.2, 0.25) is 0 Å². The summed E-state index contributed by atoms with van der Waals surface area (Å²) in [5, 5.41) is 2.22. The predicted molar refractivity (Wildman–Crippen MR) is 97.2 cm³/mol. The molecule has 122 valence electrons. The van der Waals surface area contributed by atoms with E-state index >= 15 is 0 Å². The minimum atomic E-state index is -0.384. The van der Waals surface area contributed by atoms with Crippen LogP contribution < -0.4 is 10.5 Å². The lowest BCUT2D eigenvalue weighted by Gasteiger charge is -2.16. The van der Waals surface area contributed by atoms with E-state index in [-0.39, 0.29) is 5.97 Å². The van der Waals surface area contributed by atoms with Gasteiger partial charge >= 0.3 is 5.97 Å². The smallest absolute Gasteiger partial charge is 0.343 e. The highest BCUT2D eigenvalue weighted by molar-refractivity contribution is 5.93. The zero-order chi connectivity index (χ0) is 17.1. The molecule has 3 rings (SSSR count). The average Bonchev–Trinajstić information content (AvgIpc) is 2.57. The highest BCUT2D eigenvalue weighted by atomic mass is 16.5. The molecule has 0 aliphatic heterocycles. The SMILES string of the molecule is CN(C)Cc1c(OC(=O)c2ccc(N)cc2)ccc2ccccc12. The zero-order valence-electron chi connectivity index (χ0n) is 13.8.